The Balaban J connectivity index is 3.34. The van der Waals surface area contributed by atoms with Crippen molar-refractivity contribution in [2.24, 2.45) is 0 Å². The summed E-state index contributed by atoms with van der Waals surface area (Å²) in [5.74, 6) is -0.0278. The number of hydrogen-bond donors (Lipinski definition) is 3. The molecular formula is C65H125NO5. The summed E-state index contributed by atoms with van der Waals surface area (Å²) in [4.78, 5) is 24.5. The van der Waals surface area contributed by atoms with Crippen molar-refractivity contribution in [1.82, 2.24) is 5.32 Å². The molecule has 0 bridgehead atoms. The van der Waals surface area contributed by atoms with E-state index in [1.807, 2.05) is 0 Å². The summed E-state index contributed by atoms with van der Waals surface area (Å²) in [5.41, 5.74) is 0. The minimum Gasteiger partial charge on any atom is -0.466 e. The summed E-state index contributed by atoms with van der Waals surface area (Å²) in [7, 11) is 0. The van der Waals surface area contributed by atoms with Crippen LogP contribution in [0.15, 0.2) is 24.3 Å². The molecule has 0 aliphatic rings. The molecule has 6 nitrogen and oxygen atoms in total. The van der Waals surface area contributed by atoms with Crippen LogP contribution in [0.4, 0.5) is 0 Å². The Bertz CT molecular complexity index is 1110. The average Bonchev–Trinajstić information content (AvgIpc) is 3.37. The van der Waals surface area contributed by atoms with E-state index in [2.05, 4.69) is 43.5 Å². The van der Waals surface area contributed by atoms with Gasteiger partial charge >= 0.3 is 5.97 Å². The van der Waals surface area contributed by atoms with Crippen LogP contribution in [0.3, 0.4) is 0 Å². The summed E-state index contributed by atoms with van der Waals surface area (Å²) >= 11 is 0. The maximum absolute atomic E-state index is 12.5. The van der Waals surface area contributed by atoms with E-state index in [1.54, 1.807) is 0 Å². The van der Waals surface area contributed by atoms with Gasteiger partial charge in [-0.3, -0.25) is 9.59 Å². The van der Waals surface area contributed by atoms with Crippen LogP contribution in [0.1, 0.15) is 354 Å². The molecule has 0 aromatic heterocycles. The van der Waals surface area contributed by atoms with Crippen LogP contribution >= 0.6 is 0 Å². The number of unbranched alkanes of at least 4 members (excludes halogenated alkanes) is 45. The summed E-state index contributed by atoms with van der Waals surface area (Å²) in [6, 6.07) is -0.538. The maximum Gasteiger partial charge on any atom is 0.305 e. The number of ether oxygens (including phenoxy) is 1. The number of hydrogen-bond acceptors (Lipinski definition) is 5. The quantitative estimate of drug-likeness (QED) is 0.0320. The Morgan fingerprint density at radius 1 is 0.394 bits per heavy atom. The molecule has 0 spiro atoms. The van der Waals surface area contributed by atoms with Crippen LogP contribution in [-0.4, -0.2) is 47.4 Å². The Morgan fingerprint density at radius 3 is 1.08 bits per heavy atom. The second kappa shape index (κ2) is 60.9. The lowest BCUT2D eigenvalue weighted by atomic mass is 10.0. The molecule has 0 fully saturated rings. The fraction of sp³-hybridized carbons (Fsp3) is 0.908. The highest BCUT2D eigenvalue weighted by Crippen LogP contribution is 2.18. The molecule has 3 N–H and O–H groups in total. The predicted octanol–water partition coefficient (Wildman–Crippen LogP) is 20.2. The van der Waals surface area contributed by atoms with Gasteiger partial charge in [0.05, 0.1) is 25.4 Å². The maximum atomic E-state index is 12.5. The predicted molar refractivity (Wildman–Crippen MR) is 310 cm³/mol. The van der Waals surface area contributed by atoms with E-state index >= 15 is 0 Å². The topological polar surface area (TPSA) is 95.9 Å². The molecular weight excluding hydrogens is 875 g/mol. The standard InChI is InChI=1S/C65H125NO5/c1-3-5-7-9-11-13-15-17-18-32-35-39-43-47-51-55-59-65(70)71-60-56-52-48-44-40-36-33-30-28-26-24-22-20-19-21-23-25-27-29-31-34-38-42-46-50-54-58-64(69)66-62(61-67)63(68)57-53-49-45-41-37-16-14-12-10-8-6-4-2/h13,15,18,32,62-63,67-68H,3-12,14,16-17,19-31,33-61H2,1-2H3,(H,66,69)/b15-13-,32-18-. The smallest absolute Gasteiger partial charge is 0.305 e. The third-order valence-electron chi connectivity index (χ3n) is 15.0. The monoisotopic (exact) mass is 1000 g/mol. The van der Waals surface area contributed by atoms with Gasteiger partial charge in [0.25, 0.3) is 0 Å². The summed E-state index contributed by atoms with van der Waals surface area (Å²) in [6.45, 7) is 4.94. The van der Waals surface area contributed by atoms with Crippen LogP contribution in [0.5, 0.6) is 0 Å². The molecule has 71 heavy (non-hydrogen) atoms. The fourth-order valence-corrected chi connectivity index (χ4v) is 10.1. The largest absolute Gasteiger partial charge is 0.466 e. The number of nitrogens with one attached hydrogen (secondary N) is 1. The van der Waals surface area contributed by atoms with Crippen molar-refractivity contribution in [3.05, 3.63) is 24.3 Å². The highest BCUT2D eigenvalue weighted by molar-refractivity contribution is 5.76. The molecule has 0 radical (unpaired) electrons. The SMILES string of the molecule is CCCCCC/C=C\C/C=C\CCCCCCCC(=O)OCCCCCCCCCCCCCCCCCCCCCCCCCCCCC(=O)NC(CO)C(O)CCCCCCCCCCCCCC. The minimum atomic E-state index is -0.661. The van der Waals surface area contributed by atoms with E-state index in [1.165, 1.54) is 270 Å². The molecule has 6 heteroatoms. The van der Waals surface area contributed by atoms with Crippen molar-refractivity contribution >= 4 is 11.9 Å². The van der Waals surface area contributed by atoms with Crippen molar-refractivity contribution in [2.45, 2.75) is 366 Å². The first-order chi connectivity index (χ1) is 35.0. The lowest BCUT2D eigenvalue weighted by molar-refractivity contribution is -0.143. The second-order valence-electron chi connectivity index (χ2n) is 22.1. The van der Waals surface area contributed by atoms with E-state index < -0.39 is 12.1 Å². The Morgan fingerprint density at radius 2 is 0.704 bits per heavy atom. The Kier molecular flexibility index (Phi) is 59.5. The Hall–Kier alpha value is -1.66. The molecule has 2 unspecified atom stereocenters. The van der Waals surface area contributed by atoms with Crippen molar-refractivity contribution in [1.29, 1.82) is 0 Å². The number of aliphatic hydroxyl groups excluding tert-OH is 2. The van der Waals surface area contributed by atoms with Gasteiger partial charge in [0, 0.05) is 12.8 Å². The van der Waals surface area contributed by atoms with Gasteiger partial charge in [0.2, 0.25) is 5.91 Å². The van der Waals surface area contributed by atoms with Crippen LogP contribution in [0.25, 0.3) is 0 Å². The van der Waals surface area contributed by atoms with Gasteiger partial charge in [-0.05, 0) is 57.8 Å². The van der Waals surface area contributed by atoms with E-state index in [4.69, 9.17) is 4.74 Å². The van der Waals surface area contributed by atoms with Crippen molar-refractivity contribution in [2.75, 3.05) is 13.2 Å². The zero-order valence-corrected chi connectivity index (χ0v) is 48.0. The zero-order chi connectivity index (χ0) is 51.4. The molecule has 0 aliphatic carbocycles. The number of esters is 1. The first kappa shape index (κ1) is 69.3. The molecule has 2 atom stereocenters. The van der Waals surface area contributed by atoms with E-state index in [9.17, 15) is 19.8 Å². The Labute approximate surface area is 443 Å². The summed E-state index contributed by atoms with van der Waals surface area (Å²) in [6.07, 6.45) is 74.9. The first-order valence-corrected chi connectivity index (χ1v) is 32.1. The average molecular weight is 1000 g/mol. The second-order valence-corrected chi connectivity index (χ2v) is 22.1. The third-order valence-corrected chi connectivity index (χ3v) is 15.0. The van der Waals surface area contributed by atoms with E-state index in [-0.39, 0.29) is 18.5 Å². The first-order valence-electron chi connectivity index (χ1n) is 32.1. The van der Waals surface area contributed by atoms with Crippen LogP contribution in [-0.2, 0) is 14.3 Å². The number of carbonyl (C=O) groups is 2. The lowest BCUT2D eigenvalue weighted by Gasteiger charge is -2.22. The highest BCUT2D eigenvalue weighted by atomic mass is 16.5. The minimum absolute atomic E-state index is 0.00413. The van der Waals surface area contributed by atoms with Gasteiger partial charge in [-0.1, -0.05) is 308 Å². The van der Waals surface area contributed by atoms with Crippen molar-refractivity contribution in [3.63, 3.8) is 0 Å². The summed E-state index contributed by atoms with van der Waals surface area (Å²) in [5, 5.41) is 23.2. The molecule has 420 valence electrons. The normalized spacial score (nSPS) is 12.7. The molecule has 0 saturated heterocycles. The number of rotatable bonds is 60. The summed E-state index contributed by atoms with van der Waals surface area (Å²) < 4.78 is 5.49. The number of allylic oxidation sites excluding steroid dienone is 4. The van der Waals surface area contributed by atoms with Gasteiger partial charge in [0.15, 0.2) is 0 Å². The van der Waals surface area contributed by atoms with Gasteiger partial charge in [0.1, 0.15) is 0 Å². The van der Waals surface area contributed by atoms with Gasteiger partial charge in [-0.2, -0.15) is 0 Å². The molecule has 0 aliphatic heterocycles. The van der Waals surface area contributed by atoms with E-state index in [0.717, 1.165) is 51.4 Å². The van der Waals surface area contributed by atoms with E-state index in [0.29, 0.717) is 25.9 Å². The van der Waals surface area contributed by atoms with Crippen LogP contribution < -0.4 is 5.32 Å². The number of aliphatic hydroxyl groups is 2. The fourth-order valence-electron chi connectivity index (χ4n) is 10.1. The van der Waals surface area contributed by atoms with Gasteiger partial charge < -0.3 is 20.3 Å². The number of amides is 1. The molecule has 0 aromatic carbocycles. The highest BCUT2D eigenvalue weighted by Gasteiger charge is 2.20. The van der Waals surface area contributed by atoms with Gasteiger partial charge in [-0.15, -0.1) is 0 Å². The lowest BCUT2D eigenvalue weighted by Crippen LogP contribution is -2.45. The molecule has 0 saturated carbocycles. The molecule has 0 heterocycles. The zero-order valence-electron chi connectivity index (χ0n) is 48.0. The van der Waals surface area contributed by atoms with Gasteiger partial charge in [-0.25, -0.2) is 0 Å². The number of carbonyl (C=O) groups excluding carboxylic acids is 2. The molecule has 0 rings (SSSR count). The van der Waals surface area contributed by atoms with Crippen molar-refractivity contribution < 1.29 is 24.5 Å². The third kappa shape index (κ3) is 57.5. The van der Waals surface area contributed by atoms with Crippen LogP contribution in [0, 0.1) is 0 Å². The van der Waals surface area contributed by atoms with Crippen LogP contribution in [0.2, 0.25) is 0 Å². The molecule has 1 amide bonds. The van der Waals surface area contributed by atoms with Crippen molar-refractivity contribution in [3.8, 4) is 0 Å². The molecule has 0 aromatic rings.